The molecule has 0 saturated heterocycles. The lowest BCUT2D eigenvalue weighted by Gasteiger charge is -2.20. The molecule has 0 aromatic carbocycles. The van der Waals surface area contributed by atoms with Gasteiger partial charge in [-0.25, -0.2) is 0 Å². The Hall–Kier alpha value is 0.0700. The zero-order valence-corrected chi connectivity index (χ0v) is 10.7. The molecule has 0 bridgehead atoms. The highest BCUT2D eigenvalue weighted by molar-refractivity contribution is 7.85. The van der Waals surface area contributed by atoms with Crippen LogP contribution in [0.5, 0.6) is 0 Å². The molecule has 86 valence electrons. The molecule has 0 radical (unpaired) electrons. The highest BCUT2D eigenvalue weighted by atomic mass is 32.2. The lowest BCUT2D eigenvalue weighted by atomic mass is 10.1. The zero-order chi connectivity index (χ0) is 11.2. The van der Waals surface area contributed by atoms with E-state index in [4.69, 9.17) is 5.73 Å². The molecule has 0 aromatic rings. The van der Waals surface area contributed by atoms with E-state index in [9.17, 15) is 4.21 Å². The third-order valence-corrected chi connectivity index (χ3v) is 3.77. The average Bonchev–Trinajstić information content (AvgIpc) is 2.03. The van der Waals surface area contributed by atoms with Crippen LogP contribution in [0.1, 0.15) is 27.7 Å². The first-order valence-electron chi connectivity index (χ1n) is 5.25. The van der Waals surface area contributed by atoms with Gasteiger partial charge in [0.05, 0.1) is 0 Å². The first kappa shape index (κ1) is 14.1. The second kappa shape index (κ2) is 6.53. The second-order valence-electron chi connectivity index (χ2n) is 4.30. The van der Waals surface area contributed by atoms with Crippen molar-refractivity contribution < 1.29 is 4.21 Å². The quantitative estimate of drug-likeness (QED) is 0.691. The van der Waals surface area contributed by atoms with Crippen LogP contribution in [0.2, 0.25) is 0 Å². The summed E-state index contributed by atoms with van der Waals surface area (Å²) in [4.78, 5) is 2.28. The SMILES string of the molecule is CCN(CC)CCS(=O)CC(C)(C)N. The summed E-state index contributed by atoms with van der Waals surface area (Å²) in [5, 5.41) is 0. The Labute approximate surface area is 90.5 Å². The molecule has 1 unspecified atom stereocenters. The maximum Gasteiger partial charge on any atom is 0.0410 e. The molecule has 0 rings (SSSR count). The van der Waals surface area contributed by atoms with E-state index in [0.29, 0.717) is 5.75 Å². The lowest BCUT2D eigenvalue weighted by molar-refractivity contribution is 0.323. The van der Waals surface area contributed by atoms with Crippen molar-refractivity contribution in [3.8, 4) is 0 Å². The fourth-order valence-corrected chi connectivity index (χ4v) is 2.69. The molecule has 0 heterocycles. The van der Waals surface area contributed by atoms with Crippen LogP contribution in [0, 0.1) is 0 Å². The molecule has 0 saturated carbocycles. The van der Waals surface area contributed by atoms with Crippen molar-refractivity contribution in [2.24, 2.45) is 5.73 Å². The van der Waals surface area contributed by atoms with E-state index in [0.717, 1.165) is 25.4 Å². The predicted octanol–water partition coefficient (Wildman–Crippen LogP) is 0.814. The molecule has 1 atom stereocenters. The normalized spacial score (nSPS) is 14.7. The average molecular weight is 220 g/mol. The molecular weight excluding hydrogens is 196 g/mol. The van der Waals surface area contributed by atoms with Crippen LogP contribution in [-0.2, 0) is 10.8 Å². The van der Waals surface area contributed by atoms with Gasteiger partial charge in [-0.15, -0.1) is 0 Å². The Morgan fingerprint density at radius 1 is 1.29 bits per heavy atom. The minimum atomic E-state index is -0.780. The van der Waals surface area contributed by atoms with E-state index in [-0.39, 0.29) is 5.54 Å². The summed E-state index contributed by atoms with van der Waals surface area (Å²) in [6.07, 6.45) is 0. The Morgan fingerprint density at radius 2 is 1.79 bits per heavy atom. The van der Waals surface area contributed by atoms with E-state index in [1.54, 1.807) is 0 Å². The van der Waals surface area contributed by atoms with Gasteiger partial charge in [0.1, 0.15) is 0 Å². The molecule has 2 N–H and O–H groups in total. The van der Waals surface area contributed by atoms with Gasteiger partial charge in [-0.05, 0) is 26.9 Å². The van der Waals surface area contributed by atoms with Gasteiger partial charge < -0.3 is 10.6 Å². The summed E-state index contributed by atoms with van der Waals surface area (Å²) in [6.45, 7) is 11.1. The standard InChI is InChI=1S/C10H24N2OS/c1-5-12(6-2)7-8-14(13)9-10(3,4)11/h5-9,11H2,1-4H3. The van der Waals surface area contributed by atoms with Crippen molar-refractivity contribution in [2.45, 2.75) is 33.2 Å². The monoisotopic (exact) mass is 220 g/mol. The van der Waals surface area contributed by atoms with Gasteiger partial charge in [0.2, 0.25) is 0 Å². The number of nitrogens with zero attached hydrogens (tertiary/aromatic N) is 1. The van der Waals surface area contributed by atoms with Gasteiger partial charge in [-0.3, -0.25) is 4.21 Å². The molecule has 0 fully saturated rings. The second-order valence-corrected chi connectivity index (χ2v) is 5.88. The first-order valence-corrected chi connectivity index (χ1v) is 6.74. The van der Waals surface area contributed by atoms with Crippen LogP contribution in [0.25, 0.3) is 0 Å². The van der Waals surface area contributed by atoms with E-state index in [1.165, 1.54) is 0 Å². The molecule has 0 aromatic heterocycles. The van der Waals surface area contributed by atoms with Gasteiger partial charge in [0.15, 0.2) is 0 Å². The van der Waals surface area contributed by atoms with Crippen LogP contribution >= 0.6 is 0 Å². The van der Waals surface area contributed by atoms with Crippen molar-refractivity contribution in [1.29, 1.82) is 0 Å². The van der Waals surface area contributed by atoms with Crippen LogP contribution in [0.3, 0.4) is 0 Å². The number of hydrogen-bond acceptors (Lipinski definition) is 3. The Bertz CT molecular complexity index is 173. The number of hydrogen-bond donors (Lipinski definition) is 1. The minimum absolute atomic E-state index is 0.311. The Kier molecular flexibility index (Phi) is 6.57. The largest absolute Gasteiger partial charge is 0.325 e. The van der Waals surface area contributed by atoms with Gasteiger partial charge in [0.25, 0.3) is 0 Å². The van der Waals surface area contributed by atoms with Crippen LogP contribution in [0.15, 0.2) is 0 Å². The summed E-state index contributed by atoms with van der Waals surface area (Å²) in [6, 6.07) is 0. The predicted molar refractivity (Wildman–Crippen MR) is 63.9 cm³/mol. The fourth-order valence-electron chi connectivity index (χ4n) is 1.26. The summed E-state index contributed by atoms with van der Waals surface area (Å²) >= 11 is 0. The van der Waals surface area contributed by atoms with Crippen molar-refractivity contribution in [3.05, 3.63) is 0 Å². The van der Waals surface area contributed by atoms with Crippen LogP contribution < -0.4 is 5.73 Å². The molecule has 0 aliphatic heterocycles. The zero-order valence-electron chi connectivity index (χ0n) is 9.88. The highest BCUT2D eigenvalue weighted by Gasteiger charge is 2.15. The molecule has 4 heteroatoms. The van der Waals surface area contributed by atoms with E-state index in [1.807, 2.05) is 13.8 Å². The highest BCUT2D eigenvalue weighted by Crippen LogP contribution is 2.00. The smallest absolute Gasteiger partial charge is 0.0410 e. The Balaban J connectivity index is 3.74. The van der Waals surface area contributed by atoms with Crippen molar-refractivity contribution >= 4 is 10.8 Å². The third-order valence-electron chi connectivity index (χ3n) is 2.06. The maximum absolute atomic E-state index is 11.6. The van der Waals surface area contributed by atoms with Crippen LogP contribution in [0.4, 0.5) is 0 Å². The van der Waals surface area contributed by atoms with Gasteiger partial charge in [0, 0.05) is 34.4 Å². The summed E-state index contributed by atoms with van der Waals surface area (Å²) in [5.74, 6) is 1.33. The van der Waals surface area contributed by atoms with Gasteiger partial charge >= 0.3 is 0 Å². The van der Waals surface area contributed by atoms with Gasteiger partial charge in [-0.2, -0.15) is 0 Å². The molecular formula is C10H24N2OS. The van der Waals surface area contributed by atoms with Crippen molar-refractivity contribution in [1.82, 2.24) is 4.90 Å². The maximum atomic E-state index is 11.6. The third kappa shape index (κ3) is 7.47. The first-order chi connectivity index (χ1) is 6.39. The van der Waals surface area contributed by atoms with E-state index in [2.05, 4.69) is 18.7 Å². The number of nitrogens with two attached hydrogens (primary N) is 1. The van der Waals surface area contributed by atoms with Crippen molar-refractivity contribution in [3.63, 3.8) is 0 Å². The molecule has 0 aliphatic carbocycles. The molecule has 0 spiro atoms. The van der Waals surface area contributed by atoms with Crippen LogP contribution in [-0.4, -0.2) is 45.8 Å². The number of rotatable bonds is 7. The van der Waals surface area contributed by atoms with Gasteiger partial charge in [-0.1, -0.05) is 13.8 Å². The van der Waals surface area contributed by atoms with Crippen molar-refractivity contribution in [2.75, 3.05) is 31.1 Å². The summed E-state index contributed by atoms with van der Waals surface area (Å²) in [5.41, 5.74) is 5.49. The molecule has 0 amide bonds. The minimum Gasteiger partial charge on any atom is -0.325 e. The summed E-state index contributed by atoms with van der Waals surface area (Å²) in [7, 11) is -0.780. The summed E-state index contributed by atoms with van der Waals surface area (Å²) < 4.78 is 11.6. The van der Waals surface area contributed by atoms with E-state index >= 15 is 0 Å². The van der Waals surface area contributed by atoms with E-state index < -0.39 is 10.8 Å². The topological polar surface area (TPSA) is 46.3 Å². The molecule has 14 heavy (non-hydrogen) atoms. The Morgan fingerprint density at radius 3 is 2.14 bits per heavy atom. The fraction of sp³-hybridized carbons (Fsp3) is 1.00. The lowest BCUT2D eigenvalue weighted by Crippen LogP contribution is -2.39. The molecule has 0 aliphatic rings. The molecule has 3 nitrogen and oxygen atoms in total.